The number of hydrogen-bond donors (Lipinski definition) is 3. The van der Waals surface area contributed by atoms with E-state index in [0.29, 0.717) is 49.6 Å². The highest BCUT2D eigenvalue weighted by atomic mass is 16.5. The van der Waals surface area contributed by atoms with E-state index in [9.17, 15) is 24.6 Å². The molecule has 1 unspecified atom stereocenters. The number of nitrogens with zero attached hydrogens (tertiary/aromatic N) is 5. The average molecular weight is 785 g/mol. The third-order valence-electron chi connectivity index (χ3n) is 11.3. The molecule has 0 spiro atoms. The number of benzene rings is 4. The highest BCUT2D eigenvalue weighted by molar-refractivity contribution is 6.03. The smallest absolute Gasteiger partial charge is 0.260 e. The van der Waals surface area contributed by atoms with Crippen molar-refractivity contribution in [2.24, 2.45) is 7.05 Å². The number of amides is 3. The van der Waals surface area contributed by atoms with E-state index in [4.69, 9.17) is 9.47 Å². The Morgan fingerprint density at radius 3 is 2.40 bits per heavy atom. The molecule has 3 N–H and O–H groups in total. The van der Waals surface area contributed by atoms with E-state index in [1.165, 1.54) is 0 Å². The van der Waals surface area contributed by atoms with Gasteiger partial charge in [-0.2, -0.15) is 5.10 Å². The minimum Gasteiger partial charge on any atom is -0.508 e. The molecule has 1 atom stereocenters. The number of rotatable bonds is 13. The van der Waals surface area contributed by atoms with Crippen LogP contribution >= 0.6 is 0 Å². The first kappa shape index (κ1) is 38.5. The summed E-state index contributed by atoms with van der Waals surface area (Å²) in [4.78, 5) is 41.6. The number of piperidine rings is 1. The number of carbonyl (C=O) groups is 3. The van der Waals surface area contributed by atoms with Crippen LogP contribution in [0.15, 0.2) is 84.9 Å². The van der Waals surface area contributed by atoms with Crippen LogP contribution in [0.5, 0.6) is 23.0 Å². The van der Waals surface area contributed by atoms with E-state index >= 15 is 0 Å². The van der Waals surface area contributed by atoms with Crippen molar-refractivity contribution >= 4 is 39.5 Å². The number of aromatic nitrogens is 3. The number of ether oxygens (including phenoxy) is 2. The van der Waals surface area contributed by atoms with E-state index in [-0.39, 0.29) is 42.2 Å². The molecule has 300 valence electrons. The van der Waals surface area contributed by atoms with E-state index in [1.54, 1.807) is 42.1 Å². The van der Waals surface area contributed by atoms with Crippen molar-refractivity contribution in [1.29, 1.82) is 0 Å². The van der Waals surface area contributed by atoms with Gasteiger partial charge in [0.05, 0.1) is 23.9 Å². The number of fused-ring (bicyclic) bond motifs is 2. The molecule has 2 fully saturated rings. The average Bonchev–Trinajstić information content (AvgIpc) is 3.70. The summed E-state index contributed by atoms with van der Waals surface area (Å²) in [6.07, 6.45) is 2.58. The van der Waals surface area contributed by atoms with Crippen molar-refractivity contribution in [2.75, 3.05) is 45.9 Å². The van der Waals surface area contributed by atoms with Gasteiger partial charge in [-0.15, -0.1) is 0 Å². The quantitative estimate of drug-likeness (QED) is 0.0966. The zero-order valence-electron chi connectivity index (χ0n) is 32.8. The van der Waals surface area contributed by atoms with Crippen molar-refractivity contribution in [2.45, 2.75) is 45.1 Å². The Balaban J connectivity index is 0.778. The number of phenols is 2. The molecule has 0 saturated carbocycles. The van der Waals surface area contributed by atoms with Crippen LogP contribution in [0.1, 0.15) is 48.4 Å². The first-order valence-corrected chi connectivity index (χ1v) is 19.9. The Kier molecular flexibility index (Phi) is 11.1. The Morgan fingerprint density at radius 1 is 0.879 bits per heavy atom. The summed E-state index contributed by atoms with van der Waals surface area (Å²) in [5, 5.41) is 28.9. The molecule has 0 bridgehead atoms. The number of nitrogens with one attached hydrogen (secondary N) is 1. The third kappa shape index (κ3) is 8.08. The van der Waals surface area contributed by atoms with Gasteiger partial charge in [-0.05, 0) is 110 Å². The fourth-order valence-electron chi connectivity index (χ4n) is 8.28. The van der Waals surface area contributed by atoms with Gasteiger partial charge >= 0.3 is 0 Å². The van der Waals surface area contributed by atoms with Crippen LogP contribution in [0, 0.1) is 6.92 Å². The number of hydrogen-bond acceptors (Lipinski definition) is 9. The summed E-state index contributed by atoms with van der Waals surface area (Å²) in [6.45, 7) is 7.02. The van der Waals surface area contributed by atoms with Crippen molar-refractivity contribution in [3.8, 4) is 34.3 Å². The number of imide groups is 1. The maximum Gasteiger partial charge on any atom is 0.260 e. The molecule has 4 heterocycles. The second kappa shape index (κ2) is 16.6. The number of aryl methyl sites for hydroxylation is 2. The zero-order chi connectivity index (χ0) is 40.3. The number of phenolic OH excluding ortho intramolecular Hbond substituents is 2. The van der Waals surface area contributed by atoms with Gasteiger partial charge in [0.2, 0.25) is 11.8 Å². The summed E-state index contributed by atoms with van der Waals surface area (Å²) < 4.78 is 16.1. The first-order chi connectivity index (χ1) is 28.1. The van der Waals surface area contributed by atoms with Crippen LogP contribution in [-0.4, -0.2) is 98.0 Å². The maximum absolute atomic E-state index is 13.2. The molecule has 13 heteroatoms. The Labute approximate surface area is 336 Å². The molecule has 2 aromatic heterocycles. The standard InChI is InChI=1S/C45H48N6O7/c1-29-37-26-33(53)14-18-38(37)51(43(29)31-10-12-32(52)13-11-31)27-30-8-15-34(16-9-30)57-25-4-3-20-49-21-23-50(24-22-49)41(55)28-58-39-7-5-6-35-42(47-48(2)44(35)39)36-17-19-40(54)46-45(36)56/h5-16,18,26,36,52-53H,3-4,17,19-25,27-28H2,1-2H3,(H,46,54,56). The molecule has 8 rings (SSSR count). The van der Waals surface area contributed by atoms with Gasteiger partial charge in [0.1, 0.15) is 28.5 Å². The number of aromatic hydroxyl groups is 2. The topological polar surface area (TPSA) is 151 Å². The lowest BCUT2D eigenvalue weighted by atomic mass is 9.93. The summed E-state index contributed by atoms with van der Waals surface area (Å²) in [7, 11) is 1.79. The van der Waals surface area contributed by atoms with Gasteiger partial charge in [0.15, 0.2) is 6.61 Å². The van der Waals surface area contributed by atoms with Gasteiger partial charge in [-0.25, -0.2) is 0 Å². The van der Waals surface area contributed by atoms with Crippen LogP contribution in [0.4, 0.5) is 0 Å². The van der Waals surface area contributed by atoms with Gasteiger partial charge in [0, 0.05) is 62.5 Å². The summed E-state index contributed by atoms with van der Waals surface area (Å²) in [5.41, 5.74) is 6.57. The number of para-hydroxylation sites is 1. The predicted molar refractivity (Wildman–Crippen MR) is 220 cm³/mol. The summed E-state index contributed by atoms with van der Waals surface area (Å²) in [5.74, 6) is 0.606. The minimum absolute atomic E-state index is 0.0708. The van der Waals surface area contributed by atoms with Gasteiger partial charge in [-0.1, -0.05) is 24.3 Å². The molecule has 0 radical (unpaired) electrons. The molecular formula is C45H48N6O7. The molecule has 6 aromatic rings. The molecular weight excluding hydrogens is 737 g/mol. The van der Waals surface area contributed by atoms with Crippen molar-refractivity contribution in [3.63, 3.8) is 0 Å². The largest absolute Gasteiger partial charge is 0.508 e. The lowest BCUT2D eigenvalue weighted by molar-refractivity contribution is -0.135. The monoisotopic (exact) mass is 784 g/mol. The van der Waals surface area contributed by atoms with E-state index in [0.717, 1.165) is 76.9 Å². The molecule has 2 aliphatic rings. The SMILES string of the molecule is Cc1c(-c2ccc(O)cc2)n(Cc2ccc(OCCCCN3CCN(C(=O)COc4cccc5c(C6CCC(=O)NC6=O)nn(C)c45)CC3)cc2)c2ccc(O)cc12. The molecule has 2 saturated heterocycles. The fraction of sp³-hybridized carbons (Fsp3) is 0.333. The number of piperazine rings is 1. The zero-order valence-corrected chi connectivity index (χ0v) is 32.8. The fourth-order valence-corrected chi connectivity index (χ4v) is 8.28. The highest BCUT2D eigenvalue weighted by Gasteiger charge is 2.32. The van der Waals surface area contributed by atoms with Crippen LogP contribution in [-0.2, 0) is 28.0 Å². The van der Waals surface area contributed by atoms with E-state index in [1.807, 2.05) is 47.4 Å². The summed E-state index contributed by atoms with van der Waals surface area (Å²) >= 11 is 0. The molecule has 13 nitrogen and oxygen atoms in total. The highest BCUT2D eigenvalue weighted by Crippen LogP contribution is 2.37. The predicted octanol–water partition coefficient (Wildman–Crippen LogP) is 5.87. The summed E-state index contributed by atoms with van der Waals surface area (Å²) in [6, 6.07) is 26.4. The van der Waals surface area contributed by atoms with Crippen LogP contribution < -0.4 is 14.8 Å². The van der Waals surface area contributed by atoms with Gasteiger partial charge < -0.3 is 29.2 Å². The third-order valence-corrected chi connectivity index (χ3v) is 11.3. The van der Waals surface area contributed by atoms with Crippen LogP contribution in [0.3, 0.4) is 0 Å². The van der Waals surface area contributed by atoms with Crippen molar-refractivity contribution in [3.05, 3.63) is 102 Å². The van der Waals surface area contributed by atoms with Gasteiger partial charge in [-0.3, -0.25) is 29.3 Å². The van der Waals surface area contributed by atoms with Crippen molar-refractivity contribution < 1.29 is 34.1 Å². The van der Waals surface area contributed by atoms with E-state index < -0.39 is 5.92 Å². The molecule has 4 aromatic carbocycles. The number of unbranched alkanes of at least 4 members (excludes halogenated alkanes) is 1. The minimum atomic E-state index is -0.514. The Morgan fingerprint density at radius 2 is 1.64 bits per heavy atom. The maximum atomic E-state index is 13.2. The lowest BCUT2D eigenvalue weighted by Gasteiger charge is -2.34. The molecule has 2 aliphatic heterocycles. The first-order valence-electron chi connectivity index (χ1n) is 19.9. The van der Waals surface area contributed by atoms with Crippen LogP contribution in [0.2, 0.25) is 0 Å². The molecule has 0 aliphatic carbocycles. The second-order valence-electron chi connectivity index (χ2n) is 15.2. The molecule has 58 heavy (non-hydrogen) atoms. The van der Waals surface area contributed by atoms with Crippen molar-refractivity contribution in [1.82, 2.24) is 29.5 Å². The Hall–Kier alpha value is -6.34. The lowest BCUT2D eigenvalue weighted by Crippen LogP contribution is -2.50. The van der Waals surface area contributed by atoms with Crippen LogP contribution in [0.25, 0.3) is 33.1 Å². The van der Waals surface area contributed by atoms with Gasteiger partial charge in [0.25, 0.3) is 5.91 Å². The normalized spacial score (nSPS) is 16.2. The number of carbonyl (C=O) groups excluding carboxylic acids is 3. The molecule has 3 amide bonds. The Bertz CT molecular complexity index is 2460. The van der Waals surface area contributed by atoms with E-state index in [2.05, 4.69) is 38.9 Å². The second-order valence-corrected chi connectivity index (χ2v) is 15.2.